The zero-order valence-electron chi connectivity index (χ0n) is 7.29. The fourth-order valence-corrected chi connectivity index (χ4v) is 2.85. The zero-order valence-corrected chi connectivity index (χ0v) is 9.70. The van der Waals surface area contributed by atoms with E-state index < -0.39 is 0 Å². The molecule has 1 nitrogen and oxygen atoms in total. The molecule has 1 aliphatic rings. The third-order valence-electron chi connectivity index (χ3n) is 2.14. The van der Waals surface area contributed by atoms with E-state index in [1.807, 2.05) is 11.8 Å². The summed E-state index contributed by atoms with van der Waals surface area (Å²) in [5.41, 5.74) is 1.23. The first-order valence-electron chi connectivity index (χ1n) is 4.44. The van der Waals surface area contributed by atoms with Crippen LogP contribution in [0.4, 0.5) is 5.69 Å². The largest absolute Gasteiger partial charge is 0.381 e. The Bertz CT molecular complexity index is 267. The van der Waals surface area contributed by atoms with Gasteiger partial charge in [-0.15, -0.1) is 0 Å². The van der Waals surface area contributed by atoms with Gasteiger partial charge in [-0.25, -0.2) is 0 Å². The summed E-state index contributed by atoms with van der Waals surface area (Å²) in [6.07, 6.45) is 1.29. The van der Waals surface area contributed by atoms with Gasteiger partial charge < -0.3 is 5.32 Å². The number of halogens is 1. The van der Waals surface area contributed by atoms with E-state index >= 15 is 0 Å². The van der Waals surface area contributed by atoms with Crippen molar-refractivity contribution in [3.8, 4) is 0 Å². The van der Waals surface area contributed by atoms with Gasteiger partial charge in [0.05, 0.1) is 0 Å². The number of thioether (sulfide) groups is 1. The van der Waals surface area contributed by atoms with Crippen molar-refractivity contribution >= 4 is 33.4 Å². The number of hydrogen-bond donors (Lipinski definition) is 1. The highest BCUT2D eigenvalue weighted by molar-refractivity contribution is 9.10. The van der Waals surface area contributed by atoms with E-state index in [1.165, 1.54) is 23.6 Å². The predicted octanol–water partition coefficient (Wildman–Crippen LogP) is 3.37. The third-order valence-corrected chi connectivity index (χ3v) is 3.84. The highest BCUT2D eigenvalue weighted by Crippen LogP contribution is 2.22. The van der Waals surface area contributed by atoms with Gasteiger partial charge in [0.1, 0.15) is 0 Å². The lowest BCUT2D eigenvalue weighted by Crippen LogP contribution is -2.17. The van der Waals surface area contributed by atoms with Gasteiger partial charge in [0.25, 0.3) is 0 Å². The van der Waals surface area contributed by atoms with Gasteiger partial charge in [0.15, 0.2) is 0 Å². The van der Waals surface area contributed by atoms with Gasteiger partial charge in [0.2, 0.25) is 0 Å². The fourth-order valence-electron chi connectivity index (χ4n) is 1.43. The number of nitrogens with one attached hydrogen (secondary N) is 1. The minimum atomic E-state index is 0.672. The van der Waals surface area contributed by atoms with Gasteiger partial charge in [-0.3, -0.25) is 0 Å². The standard InChI is InChI=1S/C10H12BrNS/c11-8-1-3-9(4-2-8)12-10-5-6-13-7-10/h1-4,10,12H,5-7H2. The lowest BCUT2D eigenvalue weighted by atomic mass is 10.2. The van der Waals surface area contributed by atoms with Crippen molar-refractivity contribution in [3.05, 3.63) is 28.7 Å². The van der Waals surface area contributed by atoms with Crippen LogP contribution in [0, 0.1) is 0 Å². The average molecular weight is 258 g/mol. The second-order valence-electron chi connectivity index (χ2n) is 3.21. The quantitative estimate of drug-likeness (QED) is 0.872. The van der Waals surface area contributed by atoms with Crippen molar-refractivity contribution in [2.24, 2.45) is 0 Å². The first-order valence-corrected chi connectivity index (χ1v) is 6.39. The molecule has 2 rings (SSSR count). The Morgan fingerprint density at radius 2 is 2.08 bits per heavy atom. The SMILES string of the molecule is Brc1ccc(NC2CCSC2)cc1. The van der Waals surface area contributed by atoms with E-state index in [0.29, 0.717) is 6.04 Å². The summed E-state index contributed by atoms with van der Waals surface area (Å²) in [6, 6.07) is 9.06. The lowest BCUT2D eigenvalue weighted by molar-refractivity contribution is 0.813. The first kappa shape index (κ1) is 9.41. The normalized spacial score (nSPS) is 21.8. The molecule has 0 aromatic heterocycles. The Balaban J connectivity index is 1.97. The zero-order chi connectivity index (χ0) is 9.10. The lowest BCUT2D eigenvalue weighted by Gasteiger charge is -2.12. The Labute approximate surface area is 91.4 Å². The second kappa shape index (κ2) is 4.38. The molecule has 3 heteroatoms. The van der Waals surface area contributed by atoms with Crippen LogP contribution in [0.5, 0.6) is 0 Å². The molecule has 0 saturated carbocycles. The summed E-state index contributed by atoms with van der Waals surface area (Å²) >= 11 is 5.46. The molecule has 1 saturated heterocycles. The molecule has 0 amide bonds. The van der Waals surface area contributed by atoms with E-state index in [2.05, 4.69) is 45.5 Å². The minimum Gasteiger partial charge on any atom is -0.381 e. The molecule has 1 fully saturated rings. The molecule has 1 aromatic rings. The second-order valence-corrected chi connectivity index (χ2v) is 5.28. The van der Waals surface area contributed by atoms with Crippen LogP contribution in [0.1, 0.15) is 6.42 Å². The molecule has 0 spiro atoms. The van der Waals surface area contributed by atoms with Gasteiger partial charge in [-0.05, 0) is 36.4 Å². The van der Waals surface area contributed by atoms with Crippen molar-refractivity contribution in [1.29, 1.82) is 0 Å². The average Bonchev–Trinajstić information content (AvgIpc) is 2.62. The number of hydrogen-bond acceptors (Lipinski definition) is 2. The Hall–Kier alpha value is -0.150. The van der Waals surface area contributed by atoms with Crippen LogP contribution < -0.4 is 5.32 Å². The predicted molar refractivity (Wildman–Crippen MR) is 63.5 cm³/mol. The van der Waals surface area contributed by atoms with E-state index in [4.69, 9.17) is 0 Å². The topological polar surface area (TPSA) is 12.0 Å². The fraction of sp³-hybridized carbons (Fsp3) is 0.400. The van der Waals surface area contributed by atoms with Crippen LogP contribution in [-0.4, -0.2) is 17.5 Å². The molecule has 1 heterocycles. The van der Waals surface area contributed by atoms with E-state index in [-0.39, 0.29) is 0 Å². The summed E-state index contributed by atoms with van der Waals surface area (Å²) in [5, 5.41) is 3.53. The molecule has 0 aliphatic carbocycles. The van der Waals surface area contributed by atoms with E-state index in [1.54, 1.807) is 0 Å². The molecule has 0 radical (unpaired) electrons. The summed E-state index contributed by atoms with van der Waals surface area (Å²) in [7, 11) is 0. The smallest absolute Gasteiger partial charge is 0.0359 e. The molecule has 1 aliphatic heterocycles. The van der Waals surface area contributed by atoms with Crippen LogP contribution in [0.25, 0.3) is 0 Å². The van der Waals surface area contributed by atoms with Crippen molar-refractivity contribution < 1.29 is 0 Å². The Morgan fingerprint density at radius 1 is 1.31 bits per heavy atom. The molecule has 13 heavy (non-hydrogen) atoms. The van der Waals surface area contributed by atoms with Crippen molar-refractivity contribution in [3.63, 3.8) is 0 Å². The van der Waals surface area contributed by atoms with Crippen molar-refractivity contribution in [2.45, 2.75) is 12.5 Å². The number of anilines is 1. The first-order chi connectivity index (χ1) is 6.34. The van der Waals surface area contributed by atoms with Crippen molar-refractivity contribution in [2.75, 3.05) is 16.8 Å². The van der Waals surface area contributed by atoms with Crippen LogP contribution in [0.2, 0.25) is 0 Å². The van der Waals surface area contributed by atoms with Crippen LogP contribution in [-0.2, 0) is 0 Å². The summed E-state index contributed by atoms with van der Waals surface area (Å²) in [4.78, 5) is 0. The molecule has 1 unspecified atom stereocenters. The van der Waals surface area contributed by atoms with Crippen LogP contribution in [0.3, 0.4) is 0 Å². The number of benzene rings is 1. The minimum absolute atomic E-state index is 0.672. The monoisotopic (exact) mass is 257 g/mol. The molecule has 0 bridgehead atoms. The summed E-state index contributed by atoms with van der Waals surface area (Å²) < 4.78 is 1.14. The molecular weight excluding hydrogens is 246 g/mol. The van der Waals surface area contributed by atoms with Gasteiger partial charge in [0, 0.05) is 22.0 Å². The number of rotatable bonds is 2. The maximum atomic E-state index is 3.53. The van der Waals surface area contributed by atoms with Crippen LogP contribution in [0.15, 0.2) is 28.7 Å². The highest BCUT2D eigenvalue weighted by atomic mass is 79.9. The maximum absolute atomic E-state index is 3.53. The third kappa shape index (κ3) is 2.64. The summed E-state index contributed by atoms with van der Waals surface area (Å²) in [6.45, 7) is 0. The molecule has 1 aromatic carbocycles. The van der Waals surface area contributed by atoms with Crippen LogP contribution >= 0.6 is 27.7 Å². The molecule has 1 atom stereocenters. The Kier molecular flexibility index (Phi) is 3.17. The van der Waals surface area contributed by atoms with E-state index in [9.17, 15) is 0 Å². The van der Waals surface area contributed by atoms with Gasteiger partial charge in [-0.2, -0.15) is 11.8 Å². The summed E-state index contributed by atoms with van der Waals surface area (Å²) in [5.74, 6) is 2.55. The van der Waals surface area contributed by atoms with E-state index in [0.717, 1.165) is 4.47 Å². The molecular formula is C10H12BrNS. The highest BCUT2D eigenvalue weighted by Gasteiger charge is 2.14. The Morgan fingerprint density at radius 3 is 2.69 bits per heavy atom. The maximum Gasteiger partial charge on any atom is 0.0359 e. The van der Waals surface area contributed by atoms with Crippen molar-refractivity contribution in [1.82, 2.24) is 0 Å². The molecule has 1 N–H and O–H groups in total. The molecule has 70 valence electrons. The van der Waals surface area contributed by atoms with Gasteiger partial charge >= 0.3 is 0 Å². The van der Waals surface area contributed by atoms with Gasteiger partial charge in [-0.1, -0.05) is 15.9 Å².